The van der Waals surface area contributed by atoms with E-state index in [1.807, 2.05) is 0 Å². The van der Waals surface area contributed by atoms with Gasteiger partial charge in [-0.1, -0.05) is 174 Å². The molecule has 11 nitrogen and oxygen atoms in total. The number of unbranched alkanes of at least 4 members (excludes halogenated alkanes) is 29. The average Bonchev–Trinajstić information content (AvgIpc) is 3.21. The summed E-state index contributed by atoms with van der Waals surface area (Å²) < 4.78 is 21.2. The Morgan fingerprint density at radius 1 is 0.333 bits per heavy atom. The highest BCUT2D eigenvalue weighted by Crippen LogP contribution is 2.15. The number of carboxylic acid groups (broad SMARTS) is 1. The number of rotatable bonds is 47. The Labute approximate surface area is 365 Å². The minimum atomic E-state index is -1.10. The van der Waals surface area contributed by atoms with Crippen molar-refractivity contribution in [3.05, 3.63) is 0 Å². The molecule has 352 valence electrons. The Morgan fingerprint density at radius 3 is 0.850 bits per heavy atom. The molecule has 2 N–H and O–H groups in total. The largest absolute Gasteiger partial charge is 0.481 e. The predicted molar refractivity (Wildman–Crippen MR) is 239 cm³/mol. The summed E-state index contributed by atoms with van der Waals surface area (Å²) >= 11 is 0. The Morgan fingerprint density at radius 2 is 0.567 bits per heavy atom. The van der Waals surface area contributed by atoms with Crippen molar-refractivity contribution in [2.75, 3.05) is 26.4 Å². The van der Waals surface area contributed by atoms with Crippen LogP contribution in [0.15, 0.2) is 0 Å². The van der Waals surface area contributed by atoms with Crippen LogP contribution in [0.25, 0.3) is 0 Å². The summed E-state index contributed by atoms with van der Waals surface area (Å²) in [5.41, 5.74) is 0. The monoisotopic (exact) mass is 855 g/mol. The number of hydrogen-bond acceptors (Lipinski definition) is 10. The zero-order valence-electron chi connectivity index (χ0n) is 38.3. The average molecular weight is 855 g/mol. The van der Waals surface area contributed by atoms with E-state index in [0.29, 0.717) is 32.7 Å². The van der Waals surface area contributed by atoms with Crippen LogP contribution in [0.2, 0.25) is 0 Å². The molecule has 0 amide bonds. The lowest BCUT2D eigenvalue weighted by molar-refractivity contribution is -0.150. The Balaban J connectivity index is 3.41. The number of aliphatic hydroxyl groups is 1. The molecule has 0 saturated carbocycles. The molecule has 1 atom stereocenters. The van der Waals surface area contributed by atoms with Crippen molar-refractivity contribution in [1.82, 2.24) is 0 Å². The smallest absolute Gasteiger partial charge is 0.308 e. The predicted octanol–water partition coefficient (Wildman–Crippen LogP) is 12.4. The Bertz CT molecular complexity index is 1020. The van der Waals surface area contributed by atoms with Gasteiger partial charge in [0.2, 0.25) is 0 Å². The van der Waals surface area contributed by atoms with Gasteiger partial charge in [-0.2, -0.15) is 0 Å². The first-order valence-electron chi connectivity index (χ1n) is 24.8. The lowest BCUT2D eigenvalue weighted by Crippen LogP contribution is -2.21. The van der Waals surface area contributed by atoms with Gasteiger partial charge in [-0.3, -0.25) is 24.0 Å². The van der Waals surface area contributed by atoms with Gasteiger partial charge >= 0.3 is 29.8 Å². The molecule has 11 heteroatoms. The maximum absolute atomic E-state index is 12.0. The van der Waals surface area contributed by atoms with Crippen LogP contribution in [-0.4, -0.2) is 72.6 Å². The van der Waals surface area contributed by atoms with Gasteiger partial charge in [0, 0.05) is 19.3 Å². The number of carbonyl (C=O) groups excluding carboxylic acids is 4. The second kappa shape index (κ2) is 45.8. The van der Waals surface area contributed by atoms with Crippen LogP contribution < -0.4 is 0 Å². The molecule has 0 spiro atoms. The fourth-order valence-electron chi connectivity index (χ4n) is 7.18. The second-order valence-corrected chi connectivity index (χ2v) is 16.9. The van der Waals surface area contributed by atoms with Gasteiger partial charge in [-0.05, 0) is 44.9 Å². The summed E-state index contributed by atoms with van der Waals surface area (Å²) in [6.45, 7) is 3.86. The standard InChI is InChI=1S/C49H90O11/c1-2-3-4-5-6-7-12-19-26-33-40-59-48(55)42-44(50)43-49(56)60-41-34-27-20-23-30-37-47(54)58-39-32-25-18-14-9-11-16-22-29-36-46(53)57-38-31-24-17-13-8-10-15-21-28-35-45(51)52/h44,50H,2-43H2,1H3,(H,51,52). The van der Waals surface area contributed by atoms with Crippen LogP contribution >= 0.6 is 0 Å². The Kier molecular flexibility index (Phi) is 43.8. The van der Waals surface area contributed by atoms with Crippen LogP contribution in [0.5, 0.6) is 0 Å². The van der Waals surface area contributed by atoms with E-state index in [1.165, 1.54) is 83.5 Å². The van der Waals surface area contributed by atoms with Gasteiger partial charge in [-0.15, -0.1) is 0 Å². The quantitative estimate of drug-likeness (QED) is 0.0340. The van der Waals surface area contributed by atoms with E-state index in [0.717, 1.165) is 128 Å². The van der Waals surface area contributed by atoms with Gasteiger partial charge < -0.3 is 29.2 Å². The first kappa shape index (κ1) is 57.3. The van der Waals surface area contributed by atoms with Crippen LogP contribution in [0.1, 0.15) is 251 Å². The van der Waals surface area contributed by atoms with Crippen molar-refractivity contribution >= 4 is 29.8 Å². The van der Waals surface area contributed by atoms with Crippen LogP contribution in [0.3, 0.4) is 0 Å². The molecule has 0 aromatic heterocycles. The SMILES string of the molecule is CCCCCCCCCCCCOC(=O)CC(O)CC(=O)OCCCCCCCC(=O)OCCCCCCCCCCCC(=O)OCCCCCCCCCCCC(=O)O. The normalized spacial score (nSPS) is 11.6. The molecule has 60 heavy (non-hydrogen) atoms. The molecule has 0 fully saturated rings. The minimum Gasteiger partial charge on any atom is -0.481 e. The van der Waals surface area contributed by atoms with Gasteiger partial charge in [0.1, 0.15) is 0 Å². The maximum Gasteiger partial charge on any atom is 0.308 e. The molecule has 0 aliphatic rings. The summed E-state index contributed by atoms with van der Waals surface area (Å²) in [4.78, 5) is 58.5. The minimum absolute atomic E-state index is 0.0772. The molecule has 0 heterocycles. The zero-order chi connectivity index (χ0) is 44.0. The fraction of sp³-hybridized carbons (Fsp3) is 0.898. The number of aliphatic hydroxyl groups excluding tert-OH is 1. The van der Waals surface area contributed by atoms with E-state index in [-0.39, 0.29) is 37.8 Å². The number of carboxylic acids is 1. The summed E-state index contributed by atoms with van der Waals surface area (Å²) in [5, 5.41) is 18.7. The summed E-state index contributed by atoms with van der Waals surface area (Å²) in [5.74, 6) is -1.91. The molecular formula is C49H90O11. The van der Waals surface area contributed by atoms with Gasteiger partial charge in [0.25, 0.3) is 0 Å². The molecule has 0 saturated heterocycles. The van der Waals surface area contributed by atoms with E-state index in [4.69, 9.17) is 24.1 Å². The third-order valence-corrected chi connectivity index (χ3v) is 10.9. The second-order valence-electron chi connectivity index (χ2n) is 16.9. The van der Waals surface area contributed by atoms with Gasteiger partial charge in [0.05, 0.1) is 45.4 Å². The summed E-state index contributed by atoms with van der Waals surface area (Å²) in [6.07, 6.45) is 35.4. The molecule has 0 aliphatic carbocycles. The molecule has 1 unspecified atom stereocenters. The maximum atomic E-state index is 12.0. The van der Waals surface area contributed by atoms with E-state index < -0.39 is 24.0 Å². The molecule has 0 aromatic carbocycles. The lowest BCUT2D eigenvalue weighted by Gasteiger charge is -2.10. The van der Waals surface area contributed by atoms with E-state index in [9.17, 15) is 29.1 Å². The Hall–Kier alpha value is -2.69. The van der Waals surface area contributed by atoms with E-state index >= 15 is 0 Å². The molecule has 0 radical (unpaired) electrons. The number of ether oxygens (including phenoxy) is 4. The molecule has 0 aromatic rings. The van der Waals surface area contributed by atoms with E-state index in [1.54, 1.807) is 0 Å². The molecule has 0 rings (SSSR count). The van der Waals surface area contributed by atoms with Crippen LogP contribution in [-0.2, 0) is 42.9 Å². The van der Waals surface area contributed by atoms with Crippen molar-refractivity contribution in [2.45, 2.75) is 257 Å². The fourth-order valence-corrected chi connectivity index (χ4v) is 7.18. The number of hydrogen-bond donors (Lipinski definition) is 2. The molecular weight excluding hydrogens is 765 g/mol. The molecule has 0 aliphatic heterocycles. The molecule has 0 bridgehead atoms. The van der Waals surface area contributed by atoms with Gasteiger partial charge in [0.15, 0.2) is 0 Å². The number of carbonyl (C=O) groups is 5. The highest BCUT2D eigenvalue weighted by Gasteiger charge is 2.17. The highest BCUT2D eigenvalue weighted by molar-refractivity contribution is 5.73. The topological polar surface area (TPSA) is 163 Å². The van der Waals surface area contributed by atoms with Crippen molar-refractivity contribution in [3.63, 3.8) is 0 Å². The van der Waals surface area contributed by atoms with Crippen molar-refractivity contribution in [3.8, 4) is 0 Å². The van der Waals surface area contributed by atoms with E-state index in [2.05, 4.69) is 6.92 Å². The summed E-state index contributed by atoms with van der Waals surface area (Å²) in [6, 6.07) is 0. The van der Waals surface area contributed by atoms with Crippen molar-refractivity contribution in [1.29, 1.82) is 0 Å². The first-order chi connectivity index (χ1) is 29.2. The van der Waals surface area contributed by atoms with Crippen LogP contribution in [0.4, 0.5) is 0 Å². The summed E-state index contributed by atoms with van der Waals surface area (Å²) in [7, 11) is 0. The van der Waals surface area contributed by atoms with Crippen molar-refractivity contribution in [2.24, 2.45) is 0 Å². The third-order valence-electron chi connectivity index (χ3n) is 10.9. The lowest BCUT2D eigenvalue weighted by atomic mass is 10.1. The third kappa shape index (κ3) is 46.4. The number of esters is 4. The van der Waals surface area contributed by atoms with Crippen molar-refractivity contribution < 1.29 is 53.1 Å². The number of aliphatic carboxylic acids is 1. The zero-order valence-corrected chi connectivity index (χ0v) is 38.3. The first-order valence-corrected chi connectivity index (χ1v) is 24.8. The van der Waals surface area contributed by atoms with Crippen LogP contribution in [0, 0.1) is 0 Å². The van der Waals surface area contributed by atoms with Gasteiger partial charge in [-0.25, -0.2) is 0 Å². The highest BCUT2D eigenvalue weighted by atomic mass is 16.5.